The lowest BCUT2D eigenvalue weighted by Crippen LogP contribution is -2.60. The molecule has 7 unspecified atom stereocenters. The molecule has 0 bridgehead atoms. The van der Waals surface area contributed by atoms with Gasteiger partial charge in [0.1, 0.15) is 24.4 Å². The number of aliphatic hydroxyl groups is 5. The number of hydrogen-bond donors (Lipinski definition) is 6. The quantitative estimate of drug-likeness (QED) is 0.0262. The molecule has 0 aliphatic carbocycles. The van der Waals surface area contributed by atoms with E-state index in [1.165, 1.54) is 161 Å². The van der Waals surface area contributed by atoms with Crippen LogP contribution in [0.25, 0.3) is 0 Å². The second-order valence-corrected chi connectivity index (χ2v) is 18.0. The maximum atomic E-state index is 13.0. The van der Waals surface area contributed by atoms with Crippen molar-refractivity contribution in [3.05, 3.63) is 36.5 Å². The Labute approximate surface area is 374 Å². The van der Waals surface area contributed by atoms with E-state index in [0.717, 1.165) is 51.4 Å². The number of unbranched alkanes of at least 4 members (excludes halogenated alkanes) is 29. The zero-order valence-electron chi connectivity index (χ0n) is 39.4. The molecule has 7 atom stereocenters. The third-order valence-electron chi connectivity index (χ3n) is 12.2. The van der Waals surface area contributed by atoms with Crippen molar-refractivity contribution in [3.8, 4) is 0 Å². The standard InChI is InChI=1S/C52H97NO8/c1-3-5-7-9-11-13-15-17-18-19-20-21-22-23-24-25-26-27-28-30-32-34-36-38-40-42-48(56)53-45(44-60-52-51(59)50(58)49(57)47(43-54)61-52)46(55)41-39-37-35-33-31-29-16-14-12-10-8-6-4-2/h12,14,31,33,39,41,45-47,49-52,54-55,57-59H,3-11,13,15-30,32,34-38,40,42-44H2,1-2H3,(H,53,56)/b14-12+,33-31+,41-39+. The van der Waals surface area contributed by atoms with Crippen LogP contribution >= 0.6 is 0 Å². The van der Waals surface area contributed by atoms with Gasteiger partial charge < -0.3 is 40.3 Å². The highest BCUT2D eigenvalue weighted by Gasteiger charge is 2.44. The number of amides is 1. The van der Waals surface area contributed by atoms with E-state index in [9.17, 15) is 30.3 Å². The van der Waals surface area contributed by atoms with E-state index < -0.39 is 49.5 Å². The summed E-state index contributed by atoms with van der Waals surface area (Å²) in [5.74, 6) is -0.189. The first-order valence-electron chi connectivity index (χ1n) is 25.7. The molecule has 0 saturated carbocycles. The van der Waals surface area contributed by atoms with Crippen LogP contribution in [0.3, 0.4) is 0 Å². The van der Waals surface area contributed by atoms with Gasteiger partial charge in [-0.3, -0.25) is 4.79 Å². The Balaban J connectivity index is 2.23. The first-order valence-corrected chi connectivity index (χ1v) is 25.7. The highest BCUT2D eigenvalue weighted by Crippen LogP contribution is 2.23. The second kappa shape index (κ2) is 42.4. The van der Waals surface area contributed by atoms with Crippen molar-refractivity contribution in [2.45, 2.75) is 275 Å². The lowest BCUT2D eigenvalue weighted by atomic mass is 9.99. The summed E-state index contributed by atoms with van der Waals surface area (Å²) in [4.78, 5) is 13.0. The van der Waals surface area contributed by atoms with Crippen molar-refractivity contribution in [2.24, 2.45) is 0 Å². The Morgan fingerprint density at radius 3 is 1.38 bits per heavy atom. The molecule has 1 rings (SSSR count). The third-order valence-corrected chi connectivity index (χ3v) is 12.2. The van der Waals surface area contributed by atoms with Gasteiger partial charge in [-0.05, 0) is 44.9 Å². The Morgan fingerprint density at radius 1 is 0.541 bits per heavy atom. The molecule has 0 aromatic rings. The van der Waals surface area contributed by atoms with Crippen LogP contribution in [0, 0.1) is 0 Å². The minimum absolute atomic E-state index is 0.189. The van der Waals surface area contributed by atoms with Gasteiger partial charge in [-0.2, -0.15) is 0 Å². The van der Waals surface area contributed by atoms with Gasteiger partial charge in [0, 0.05) is 6.42 Å². The molecule has 0 spiro atoms. The molecule has 0 radical (unpaired) electrons. The number of rotatable bonds is 43. The Hall–Kier alpha value is -1.59. The van der Waals surface area contributed by atoms with Gasteiger partial charge >= 0.3 is 0 Å². The van der Waals surface area contributed by atoms with Crippen molar-refractivity contribution in [1.82, 2.24) is 5.32 Å². The highest BCUT2D eigenvalue weighted by atomic mass is 16.7. The second-order valence-electron chi connectivity index (χ2n) is 18.0. The molecule has 1 aliphatic heterocycles. The van der Waals surface area contributed by atoms with Crippen molar-refractivity contribution < 1.29 is 39.8 Å². The normalized spacial score (nSPS) is 20.7. The first-order chi connectivity index (χ1) is 29.8. The van der Waals surface area contributed by atoms with Crippen molar-refractivity contribution in [1.29, 1.82) is 0 Å². The summed E-state index contributed by atoms with van der Waals surface area (Å²) in [7, 11) is 0. The van der Waals surface area contributed by atoms with Gasteiger partial charge in [0.15, 0.2) is 6.29 Å². The number of carbonyl (C=O) groups excluding carboxylic acids is 1. The summed E-state index contributed by atoms with van der Waals surface area (Å²) in [5.41, 5.74) is 0. The molecule has 1 aliphatic rings. The molecule has 0 aromatic heterocycles. The minimum atomic E-state index is -1.57. The fraction of sp³-hybridized carbons (Fsp3) is 0.865. The van der Waals surface area contributed by atoms with E-state index in [0.29, 0.717) is 6.42 Å². The van der Waals surface area contributed by atoms with Crippen LogP contribution in [-0.2, 0) is 14.3 Å². The molecule has 1 fully saturated rings. The van der Waals surface area contributed by atoms with Crippen LogP contribution < -0.4 is 5.32 Å². The number of aliphatic hydroxyl groups excluding tert-OH is 5. The van der Waals surface area contributed by atoms with Gasteiger partial charge in [-0.15, -0.1) is 0 Å². The predicted molar refractivity (Wildman–Crippen MR) is 253 cm³/mol. The SMILES string of the molecule is CCCCC/C=C/CC/C=C/CC/C=C/C(O)C(COC1OC(CO)C(O)C(O)C1O)NC(=O)CCCCCCCCCCCCCCCCCCCCCCCCCCC. The summed E-state index contributed by atoms with van der Waals surface area (Å²) in [6, 6.07) is -0.824. The summed E-state index contributed by atoms with van der Waals surface area (Å²) >= 11 is 0. The number of carbonyl (C=O) groups is 1. The Kier molecular flexibility index (Phi) is 39.9. The van der Waals surface area contributed by atoms with Gasteiger partial charge in [0.25, 0.3) is 0 Å². The van der Waals surface area contributed by atoms with Crippen LogP contribution in [0.1, 0.15) is 232 Å². The topological polar surface area (TPSA) is 149 Å². The number of hydrogen-bond acceptors (Lipinski definition) is 8. The lowest BCUT2D eigenvalue weighted by molar-refractivity contribution is -0.302. The average Bonchev–Trinajstić information content (AvgIpc) is 3.26. The summed E-state index contributed by atoms with van der Waals surface area (Å²) in [6.07, 6.45) is 46.4. The molecule has 358 valence electrons. The molecule has 9 heteroatoms. The Bertz CT molecular complexity index is 1050. The zero-order chi connectivity index (χ0) is 44.4. The van der Waals surface area contributed by atoms with Gasteiger partial charge in [0.05, 0.1) is 25.4 Å². The van der Waals surface area contributed by atoms with Crippen LogP contribution in [0.15, 0.2) is 36.5 Å². The van der Waals surface area contributed by atoms with E-state index in [1.54, 1.807) is 6.08 Å². The molecular weight excluding hydrogens is 767 g/mol. The molecule has 9 nitrogen and oxygen atoms in total. The van der Waals surface area contributed by atoms with E-state index >= 15 is 0 Å². The lowest BCUT2D eigenvalue weighted by Gasteiger charge is -2.40. The van der Waals surface area contributed by atoms with Gasteiger partial charge in [-0.25, -0.2) is 0 Å². The fourth-order valence-electron chi connectivity index (χ4n) is 8.07. The fourth-order valence-corrected chi connectivity index (χ4v) is 8.07. The Morgan fingerprint density at radius 2 is 0.934 bits per heavy atom. The first kappa shape index (κ1) is 57.4. The molecule has 6 N–H and O–H groups in total. The summed E-state index contributed by atoms with van der Waals surface area (Å²) in [6.45, 7) is 3.73. The number of ether oxygens (including phenoxy) is 2. The van der Waals surface area contributed by atoms with E-state index in [-0.39, 0.29) is 12.5 Å². The summed E-state index contributed by atoms with van der Waals surface area (Å²) in [5, 5.41) is 54.2. The molecule has 1 saturated heterocycles. The molecule has 61 heavy (non-hydrogen) atoms. The van der Waals surface area contributed by atoms with Crippen LogP contribution in [-0.4, -0.2) is 87.5 Å². The molecule has 1 amide bonds. The molecular formula is C52H97NO8. The van der Waals surface area contributed by atoms with Crippen LogP contribution in [0.4, 0.5) is 0 Å². The van der Waals surface area contributed by atoms with Crippen LogP contribution in [0.2, 0.25) is 0 Å². The number of allylic oxidation sites excluding steroid dienone is 5. The monoisotopic (exact) mass is 864 g/mol. The molecule has 1 heterocycles. The smallest absolute Gasteiger partial charge is 0.220 e. The maximum Gasteiger partial charge on any atom is 0.220 e. The van der Waals surface area contributed by atoms with Gasteiger partial charge in [-0.1, -0.05) is 217 Å². The van der Waals surface area contributed by atoms with Crippen molar-refractivity contribution in [3.63, 3.8) is 0 Å². The molecule has 0 aromatic carbocycles. The predicted octanol–water partition coefficient (Wildman–Crippen LogP) is 11.6. The van der Waals surface area contributed by atoms with Crippen molar-refractivity contribution >= 4 is 5.91 Å². The third kappa shape index (κ3) is 32.7. The maximum absolute atomic E-state index is 13.0. The highest BCUT2D eigenvalue weighted by molar-refractivity contribution is 5.76. The van der Waals surface area contributed by atoms with E-state index in [4.69, 9.17) is 9.47 Å². The summed E-state index contributed by atoms with van der Waals surface area (Å²) < 4.78 is 11.2. The average molecular weight is 864 g/mol. The van der Waals surface area contributed by atoms with E-state index in [1.807, 2.05) is 6.08 Å². The minimum Gasteiger partial charge on any atom is -0.394 e. The number of nitrogens with one attached hydrogen (secondary N) is 1. The van der Waals surface area contributed by atoms with Crippen LogP contribution in [0.5, 0.6) is 0 Å². The van der Waals surface area contributed by atoms with Gasteiger partial charge in [0.2, 0.25) is 5.91 Å². The van der Waals surface area contributed by atoms with Crippen molar-refractivity contribution in [2.75, 3.05) is 13.2 Å². The van der Waals surface area contributed by atoms with E-state index in [2.05, 4.69) is 43.5 Å². The zero-order valence-corrected chi connectivity index (χ0v) is 39.4. The largest absolute Gasteiger partial charge is 0.394 e.